The lowest BCUT2D eigenvalue weighted by molar-refractivity contribution is -0.148. The average Bonchev–Trinajstić information content (AvgIpc) is 2.71. The van der Waals surface area contributed by atoms with Gasteiger partial charge >= 0.3 is 6.03 Å². The maximum Gasteiger partial charge on any atom is 0.332 e. The molecular formula is C21H20N2O4. The molecule has 2 aromatic rings. The van der Waals surface area contributed by atoms with Crippen molar-refractivity contribution in [2.24, 2.45) is 5.92 Å². The molecule has 1 aliphatic rings. The standard InChI is InChI=1S/C21H20N2O4/c1-22-19(25)18(20(26)23(2)21(22)27)16(14-9-5-3-6-10-14)13-17(24)15-11-7-4-8-12-15/h3-12,16,18H,13H2,1-2H3. The Morgan fingerprint density at radius 2 is 1.33 bits per heavy atom. The second-order valence-electron chi connectivity index (χ2n) is 6.57. The highest BCUT2D eigenvalue weighted by Crippen LogP contribution is 2.34. The van der Waals surface area contributed by atoms with E-state index in [1.807, 2.05) is 12.1 Å². The third-order valence-electron chi connectivity index (χ3n) is 4.90. The van der Waals surface area contributed by atoms with Crippen molar-refractivity contribution in [1.29, 1.82) is 0 Å². The van der Waals surface area contributed by atoms with Gasteiger partial charge < -0.3 is 0 Å². The van der Waals surface area contributed by atoms with Crippen molar-refractivity contribution in [3.8, 4) is 0 Å². The van der Waals surface area contributed by atoms with Crippen molar-refractivity contribution in [1.82, 2.24) is 9.80 Å². The Bertz CT molecular complexity index is 856. The van der Waals surface area contributed by atoms with Crippen molar-refractivity contribution in [3.05, 3.63) is 71.8 Å². The number of benzene rings is 2. The van der Waals surface area contributed by atoms with E-state index >= 15 is 0 Å². The normalized spacial score (nSPS) is 16.6. The van der Waals surface area contributed by atoms with E-state index in [1.54, 1.807) is 48.5 Å². The van der Waals surface area contributed by atoms with Gasteiger partial charge in [0.25, 0.3) is 0 Å². The molecule has 27 heavy (non-hydrogen) atoms. The van der Waals surface area contributed by atoms with Crippen LogP contribution in [-0.2, 0) is 9.59 Å². The topological polar surface area (TPSA) is 74.8 Å². The highest BCUT2D eigenvalue weighted by atomic mass is 16.2. The van der Waals surface area contributed by atoms with Crippen LogP contribution in [0.2, 0.25) is 0 Å². The zero-order valence-electron chi connectivity index (χ0n) is 15.2. The molecule has 0 N–H and O–H groups in total. The summed E-state index contributed by atoms with van der Waals surface area (Å²) in [7, 11) is 2.70. The maximum absolute atomic E-state index is 12.8. The van der Waals surface area contributed by atoms with Gasteiger partial charge in [-0.1, -0.05) is 60.7 Å². The van der Waals surface area contributed by atoms with Gasteiger partial charge in [0.15, 0.2) is 5.78 Å². The number of Topliss-reactive ketones (excluding diaryl/α,β-unsaturated/α-hetero) is 1. The molecule has 1 unspecified atom stereocenters. The van der Waals surface area contributed by atoms with Crippen LogP contribution in [0.25, 0.3) is 0 Å². The van der Waals surface area contributed by atoms with Crippen LogP contribution in [0.4, 0.5) is 4.79 Å². The molecule has 138 valence electrons. The smallest absolute Gasteiger partial charge is 0.294 e. The molecule has 2 aromatic carbocycles. The lowest BCUT2D eigenvalue weighted by atomic mass is 9.79. The molecule has 0 aliphatic carbocycles. The minimum absolute atomic E-state index is 0.00789. The number of urea groups is 1. The third-order valence-corrected chi connectivity index (χ3v) is 4.90. The van der Waals surface area contributed by atoms with E-state index in [2.05, 4.69) is 0 Å². The minimum Gasteiger partial charge on any atom is -0.294 e. The number of barbiturate groups is 1. The number of rotatable bonds is 5. The Morgan fingerprint density at radius 3 is 1.85 bits per heavy atom. The van der Waals surface area contributed by atoms with Crippen molar-refractivity contribution in [3.63, 3.8) is 0 Å². The van der Waals surface area contributed by atoms with Gasteiger partial charge in [-0.15, -0.1) is 0 Å². The molecule has 0 aromatic heterocycles. The van der Waals surface area contributed by atoms with Crippen LogP contribution in [0.15, 0.2) is 60.7 Å². The summed E-state index contributed by atoms with van der Waals surface area (Å²) in [4.78, 5) is 52.3. The number of carbonyl (C=O) groups excluding carboxylic acids is 4. The largest absolute Gasteiger partial charge is 0.332 e. The molecule has 3 rings (SSSR count). The second-order valence-corrected chi connectivity index (χ2v) is 6.57. The van der Waals surface area contributed by atoms with Crippen LogP contribution in [0.1, 0.15) is 28.3 Å². The van der Waals surface area contributed by atoms with Crippen molar-refractivity contribution < 1.29 is 19.2 Å². The van der Waals surface area contributed by atoms with Crippen molar-refractivity contribution >= 4 is 23.6 Å². The fraction of sp³-hybridized carbons (Fsp3) is 0.238. The molecule has 1 heterocycles. The summed E-state index contributed by atoms with van der Waals surface area (Å²) >= 11 is 0. The van der Waals surface area contributed by atoms with Crippen LogP contribution in [0.3, 0.4) is 0 Å². The Kier molecular flexibility index (Phi) is 5.16. The van der Waals surface area contributed by atoms with E-state index in [0.29, 0.717) is 11.1 Å². The predicted octanol–water partition coefficient (Wildman–Crippen LogP) is 2.71. The van der Waals surface area contributed by atoms with E-state index in [9.17, 15) is 19.2 Å². The molecule has 1 atom stereocenters. The zero-order valence-corrected chi connectivity index (χ0v) is 15.2. The van der Waals surface area contributed by atoms with E-state index in [0.717, 1.165) is 9.80 Å². The molecule has 1 fully saturated rings. The van der Waals surface area contributed by atoms with Gasteiger partial charge in [-0.25, -0.2) is 4.79 Å². The fourth-order valence-electron chi connectivity index (χ4n) is 3.35. The quantitative estimate of drug-likeness (QED) is 0.604. The summed E-state index contributed by atoms with van der Waals surface area (Å²) in [5.74, 6) is -3.10. The summed E-state index contributed by atoms with van der Waals surface area (Å²) < 4.78 is 0. The lowest BCUT2D eigenvalue weighted by Crippen LogP contribution is -2.58. The van der Waals surface area contributed by atoms with Crippen LogP contribution < -0.4 is 0 Å². The van der Waals surface area contributed by atoms with E-state index in [1.165, 1.54) is 14.1 Å². The maximum atomic E-state index is 12.8. The number of carbonyl (C=O) groups is 4. The summed E-state index contributed by atoms with van der Waals surface area (Å²) in [5.41, 5.74) is 1.23. The molecule has 6 nitrogen and oxygen atoms in total. The van der Waals surface area contributed by atoms with E-state index < -0.39 is 29.7 Å². The molecule has 0 saturated carbocycles. The van der Waals surface area contributed by atoms with Gasteiger partial charge in [0.05, 0.1) is 0 Å². The van der Waals surface area contributed by atoms with Crippen LogP contribution in [-0.4, -0.2) is 47.5 Å². The molecule has 4 amide bonds. The van der Waals surface area contributed by atoms with E-state index in [4.69, 9.17) is 0 Å². The van der Waals surface area contributed by atoms with Crippen molar-refractivity contribution in [2.45, 2.75) is 12.3 Å². The van der Waals surface area contributed by atoms with E-state index in [-0.39, 0.29) is 12.2 Å². The Labute approximate surface area is 157 Å². The molecule has 0 radical (unpaired) electrons. The summed E-state index contributed by atoms with van der Waals surface area (Å²) in [5, 5.41) is 0. The predicted molar refractivity (Wildman–Crippen MR) is 99.0 cm³/mol. The second kappa shape index (κ2) is 7.53. The number of imide groups is 2. The zero-order chi connectivity index (χ0) is 19.6. The summed E-state index contributed by atoms with van der Waals surface area (Å²) in [6.07, 6.45) is -0.00789. The third kappa shape index (κ3) is 3.51. The minimum atomic E-state index is -1.12. The average molecular weight is 364 g/mol. The van der Waals surface area contributed by atoms with Gasteiger partial charge in [-0.05, 0) is 5.56 Å². The van der Waals surface area contributed by atoms with Crippen molar-refractivity contribution in [2.75, 3.05) is 14.1 Å². The highest BCUT2D eigenvalue weighted by molar-refractivity contribution is 6.16. The summed E-state index contributed by atoms with van der Waals surface area (Å²) in [6, 6.07) is 17.1. The first-order valence-electron chi connectivity index (χ1n) is 8.64. The SMILES string of the molecule is CN1C(=O)C(C(CC(=O)c2ccccc2)c2ccccc2)C(=O)N(C)C1=O. The molecule has 1 saturated heterocycles. The highest BCUT2D eigenvalue weighted by Gasteiger charge is 2.47. The lowest BCUT2D eigenvalue weighted by Gasteiger charge is -2.36. The molecule has 1 aliphatic heterocycles. The number of hydrogen-bond acceptors (Lipinski definition) is 4. The number of nitrogens with zero attached hydrogens (tertiary/aromatic N) is 2. The molecular weight excluding hydrogens is 344 g/mol. The first kappa shape index (κ1) is 18.5. The number of amides is 4. The monoisotopic (exact) mass is 364 g/mol. The van der Waals surface area contributed by atoms with Crippen LogP contribution in [0, 0.1) is 5.92 Å². The number of ketones is 1. The van der Waals surface area contributed by atoms with Crippen LogP contribution >= 0.6 is 0 Å². The summed E-state index contributed by atoms with van der Waals surface area (Å²) in [6.45, 7) is 0. The Hall–Kier alpha value is -3.28. The van der Waals surface area contributed by atoms with Gasteiger partial charge in [0.1, 0.15) is 5.92 Å². The number of hydrogen-bond donors (Lipinski definition) is 0. The van der Waals surface area contributed by atoms with Gasteiger partial charge in [-0.2, -0.15) is 0 Å². The fourth-order valence-corrected chi connectivity index (χ4v) is 3.35. The molecule has 0 spiro atoms. The van der Waals surface area contributed by atoms with Crippen LogP contribution in [0.5, 0.6) is 0 Å². The van der Waals surface area contributed by atoms with Gasteiger partial charge in [0.2, 0.25) is 11.8 Å². The van der Waals surface area contributed by atoms with Gasteiger partial charge in [0, 0.05) is 32.0 Å². The van der Waals surface area contributed by atoms with Gasteiger partial charge in [-0.3, -0.25) is 24.2 Å². The first-order valence-corrected chi connectivity index (χ1v) is 8.64. The first-order chi connectivity index (χ1) is 12.9. The molecule has 6 heteroatoms. The Morgan fingerprint density at radius 1 is 0.852 bits per heavy atom. The Balaban J connectivity index is 2.00. The molecule has 0 bridgehead atoms.